The molecule has 2 aromatic carbocycles. The van der Waals surface area contributed by atoms with E-state index in [0.29, 0.717) is 34.5 Å². The lowest BCUT2D eigenvalue weighted by atomic mass is 9.95. The molecule has 0 atom stereocenters. The highest BCUT2D eigenvalue weighted by Gasteiger charge is 2.33. The van der Waals surface area contributed by atoms with Crippen LogP contribution in [0.4, 0.5) is 0 Å². The lowest BCUT2D eigenvalue weighted by molar-refractivity contribution is -0.131. The number of hydrogen-bond donors (Lipinski definition) is 0. The third kappa shape index (κ3) is 4.27. The van der Waals surface area contributed by atoms with Crippen LogP contribution >= 0.6 is 0 Å². The molecule has 1 aromatic heterocycles. The Balaban J connectivity index is 1.53. The van der Waals surface area contributed by atoms with E-state index >= 15 is 0 Å². The van der Waals surface area contributed by atoms with E-state index in [2.05, 4.69) is 5.10 Å². The molecule has 1 saturated heterocycles. The summed E-state index contributed by atoms with van der Waals surface area (Å²) >= 11 is 0. The van der Waals surface area contributed by atoms with E-state index in [4.69, 9.17) is 0 Å². The number of hydrogen-bond acceptors (Lipinski definition) is 5. The van der Waals surface area contributed by atoms with Crippen molar-refractivity contribution >= 4 is 26.7 Å². The summed E-state index contributed by atoms with van der Waals surface area (Å²) in [6, 6.07) is 7.14. The Morgan fingerprint density at radius 3 is 1.94 bits per heavy atom. The van der Waals surface area contributed by atoms with Gasteiger partial charge in [0.2, 0.25) is 15.9 Å². The standard InChI is InChI=1S/C26H32N4O4S/c1-16-17(2)19(4)25(20(5)18(16)3)35(33,34)30-13-11-29(12-14-30)24(31)15-23-21-9-7-8-10-22(21)26(32)28(6)27-23/h7-10H,11-15H2,1-6H3. The van der Waals surface area contributed by atoms with Gasteiger partial charge in [-0.05, 0) is 68.5 Å². The zero-order valence-electron chi connectivity index (χ0n) is 21.2. The van der Waals surface area contributed by atoms with Gasteiger partial charge in [-0.1, -0.05) is 18.2 Å². The maximum Gasteiger partial charge on any atom is 0.274 e. The maximum absolute atomic E-state index is 13.6. The molecule has 1 aliphatic heterocycles. The summed E-state index contributed by atoms with van der Waals surface area (Å²) in [5.74, 6) is -0.132. The van der Waals surface area contributed by atoms with Crippen LogP contribution in [0.3, 0.4) is 0 Å². The monoisotopic (exact) mass is 496 g/mol. The molecule has 3 aromatic rings. The average molecular weight is 497 g/mol. The van der Waals surface area contributed by atoms with Crippen LogP contribution < -0.4 is 5.56 Å². The van der Waals surface area contributed by atoms with Gasteiger partial charge < -0.3 is 4.90 Å². The number of aryl methyl sites for hydroxylation is 1. The Kier molecular flexibility index (Phi) is 6.59. The first kappa shape index (κ1) is 25.1. The fourth-order valence-electron chi connectivity index (χ4n) is 4.92. The van der Waals surface area contributed by atoms with Gasteiger partial charge in [-0.3, -0.25) is 9.59 Å². The number of rotatable bonds is 4. The first-order valence-corrected chi connectivity index (χ1v) is 13.2. The molecular formula is C26H32N4O4S. The number of amides is 1. The Hall–Kier alpha value is -3.04. The normalized spacial score (nSPS) is 15.1. The molecule has 186 valence electrons. The Bertz CT molecular complexity index is 1470. The molecule has 1 amide bonds. The number of sulfonamides is 1. The van der Waals surface area contributed by atoms with Gasteiger partial charge >= 0.3 is 0 Å². The van der Waals surface area contributed by atoms with Gasteiger partial charge in [-0.15, -0.1) is 0 Å². The number of nitrogens with zero attached hydrogens (tertiary/aromatic N) is 4. The summed E-state index contributed by atoms with van der Waals surface area (Å²) < 4.78 is 30.0. The SMILES string of the molecule is Cc1c(C)c(C)c(S(=O)(=O)N2CCN(C(=O)Cc3nn(C)c(=O)c4ccccc34)CC2)c(C)c1C. The van der Waals surface area contributed by atoms with Gasteiger partial charge in [0, 0.05) is 38.6 Å². The van der Waals surface area contributed by atoms with Crippen molar-refractivity contribution in [3.05, 3.63) is 68.1 Å². The van der Waals surface area contributed by atoms with Crippen LogP contribution in [0.15, 0.2) is 34.0 Å². The van der Waals surface area contributed by atoms with E-state index in [9.17, 15) is 18.0 Å². The Morgan fingerprint density at radius 1 is 0.857 bits per heavy atom. The molecule has 0 N–H and O–H groups in total. The summed E-state index contributed by atoms with van der Waals surface area (Å²) in [5, 5.41) is 5.52. The van der Waals surface area contributed by atoms with Gasteiger partial charge in [0.25, 0.3) is 5.56 Å². The number of carbonyl (C=O) groups is 1. The highest BCUT2D eigenvalue weighted by atomic mass is 32.2. The smallest absolute Gasteiger partial charge is 0.274 e. The van der Waals surface area contributed by atoms with Crippen molar-refractivity contribution < 1.29 is 13.2 Å². The van der Waals surface area contributed by atoms with Gasteiger partial charge in [-0.25, -0.2) is 13.1 Å². The minimum Gasteiger partial charge on any atom is -0.340 e. The molecule has 1 aliphatic rings. The van der Waals surface area contributed by atoms with Gasteiger partial charge in [-0.2, -0.15) is 9.40 Å². The number of aromatic nitrogens is 2. The van der Waals surface area contributed by atoms with E-state index in [1.54, 1.807) is 30.1 Å². The molecule has 0 unspecified atom stereocenters. The van der Waals surface area contributed by atoms with Crippen LogP contribution in [0.1, 0.15) is 33.5 Å². The summed E-state index contributed by atoms with van der Waals surface area (Å²) in [5.41, 5.74) is 5.03. The first-order valence-electron chi connectivity index (χ1n) is 11.7. The summed E-state index contributed by atoms with van der Waals surface area (Å²) in [4.78, 5) is 27.5. The predicted octanol–water partition coefficient (Wildman–Crippen LogP) is 2.55. The van der Waals surface area contributed by atoms with Crippen molar-refractivity contribution in [1.82, 2.24) is 19.0 Å². The zero-order valence-corrected chi connectivity index (χ0v) is 22.0. The molecule has 0 saturated carbocycles. The molecule has 0 spiro atoms. The summed E-state index contributed by atoms with van der Waals surface area (Å²) in [6.45, 7) is 10.8. The molecule has 9 heteroatoms. The number of fused-ring (bicyclic) bond motifs is 1. The van der Waals surface area contributed by atoms with Gasteiger partial charge in [0.05, 0.1) is 22.4 Å². The van der Waals surface area contributed by atoms with Crippen LogP contribution in [0.5, 0.6) is 0 Å². The molecule has 0 bridgehead atoms. The van der Waals surface area contributed by atoms with Crippen LogP contribution in [0.25, 0.3) is 10.8 Å². The largest absolute Gasteiger partial charge is 0.340 e. The molecule has 35 heavy (non-hydrogen) atoms. The minimum absolute atomic E-state index is 0.0515. The summed E-state index contributed by atoms with van der Waals surface area (Å²) in [7, 11) is -2.11. The third-order valence-corrected chi connectivity index (χ3v) is 9.65. The highest BCUT2D eigenvalue weighted by Crippen LogP contribution is 2.32. The average Bonchev–Trinajstić information content (AvgIpc) is 2.84. The predicted molar refractivity (Wildman–Crippen MR) is 136 cm³/mol. The molecule has 4 rings (SSSR count). The quantitative estimate of drug-likeness (QED) is 0.554. The lowest BCUT2D eigenvalue weighted by Crippen LogP contribution is -2.51. The van der Waals surface area contributed by atoms with Crippen LogP contribution in [0.2, 0.25) is 0 Å². The molecule has 0 radical (unpaired) electrons. The maximum atomic E-state index is 13.6. The second-order valence-corrected chi connectivity index (χ2v) is 11.2. The molecule has 0 aliphatic carbocycles. The van der Waals surface area contributed by atoms with Crippen molar-refractivity contribution in [2.45, 2.75) is 45.9 Å². The van der Waals surface area contributed by atoms with Crippen LogP contribution in [-0.4, -0.2) is 59.5 Å². The molecule has 2 heterocycles. The minimum atomic E-state index is -3.69. The van der Waals surface area contributed by atoms with Crippen LogP contribution in [-0.2, 0) is 28.3 Å². The number of carbonyl (C=O) groups excluding carboxylic acids is 1. The van der Waals surface area contributed by atoms with Gasteiger partial charge in [0.1, 0.15) is 0 Å². The Morgan fingerprint density at radius 2 is 1.37 bits per heavy atom. The van der Waals surface area contributed by atoms with E-state index in [1.807, 2.05) is 40.7 Å². The molecule has 8 nitrogen and oxygen atoms in total. The molecule has 1 fully saturated rings. The number of piperazine rings is 1. The first-order chi connectivity index (χ1) is 16.4. The van der Waals surface area contributed by atoms with E-state index in [-0.39, 0.29) is 31.0 Å². The molecular weight excluding hydrogens is 464 g/mol. The highest BCUT2D eigenvalue weighted by molar-refractivity contribution is 7.89. The lowest BCUT2D eigenvalue weighted by Gasteiger charge is -2.35. The van der Waals surface area contributed by atoms with Crippen molar-refractivity contribution in [3.63, 3.8) is 0 Å². The Labute approximate surface area is 206 Å². The third-order valence-electron chi connectivity index (χ3n) is 7.47. The van der Waals surface area contributed by atoms with Crippen molar-refractivity contribution in [3.8, 4) is 0 Å². The van der Waals surface area contributed by atoms with Crippen molar-refractivity contribution in [2.75, 3.05) is 26.2 Å². The van der Waals surface area contributed by atoms with E-state index in [1.165, 1.54) is 8.99 Å². The van der Waals surface area contributed by atoms with E-state index in [0.717, 1.165) is 27.8 Å². The van der Waals surface area contributed by atoms with Crippen LogP contribution in [0, 0.1) is 34.6 Å². The number of benzene rings is 2. The fourth-order valence-corrected chi connectivity index (χ4v) is 6.90. The van der Waals surface area contributed by atoms with E-state index < -0.39 is 10.0 Å². The topological polar surface area (TPSA) is 92.6 Å². The zero-order chi connectivity index (χ0) is 25.7. The summed E-state index contributed by atoms with van der Waals surface area (Å²) in [6.07, 6.45) is 0.0515. The van der Waals surface area contributed by atoms with Crippen molar-refractivity contribution in [1.29, 1.82) is 0 Å². The second kappa shape index (κ2) is 9.20. The van der Waals surface area contributed by atoms with Crippen molar-refractivity contribution in [2.24, 2.45) is 7.05 Å². The van der Waals surface area contributed by atoms with Gasteiger partial charge in [0.15, 0.2) is 0 Å². The second-order valence-electron chi connectivity index (χ2n) is 9.34. The fraction of sp³-hybridized carbons (Fsp3) is 0.423.